The van der Waals surface area contributed by atoms with Crippen LogP contribution in [-0.4, -0.2) is 55.1 Å². The molecule has 1 saturated heterocycles. The average molecular weight is 453 g/mol. The number of aliphatic hydroxyl groups excluding tert-OH is 1. The van der Waals surface area contributed by atoms with Crippen LogP contribution in [0.15, 0.2) is 47.0 Å². The maximum atomic E-state index is 14.7. The highest BCUT2D eigenvalue weighted by Gasteiger charge is 2.20. The van der Waals surface area contributed by atoms with Crippen molar-refractivity contribution in [2.75, 3.05) is 32.9 Å². The third-order valence-corrected chi connectivity index (χ3v) is 5.97. The summed E-state index contributed by atoms with van der Waals surface area (Å²) in [6.45, 7) is 5.29. The minimum absolute atomic E-state index is 0.0517. The third-order valence-electron chi connectivity index (χ3n) is 5.97. The lowest BCUT2D eigenvalue weighted by Crippen LogP contribution is -2.35. The molecule has 0 unspecified atom stereocenters. The molecule has 7 heteroatoms. The van der Waals surface area contributed by atoms with Crippen LogP contribution < -0.4 is 0 Å². The second-order valence-electron chi connectivity index (χ2n) is 8.25. The molecule has 0 amide bonds. The molecule has 1 aliphatic carbocycles. The fourth-order valence-electron chi connectivity index (χ4n) is 4.21. The molecule has 6 nitrogen and oxygen atoms in total. The van der Waals surface area contributed by atoms with E-state index in [9.17, 15) is 14.3 Å². The number of carbonyl (C=O) groups excluding carboxylic acids is 1. The SMILES string of the molecule is CCOC(=O)/C(C=Nc1ccc2c(c1)CCC2)=C(/O)c1cc(CN2CCOCC2)ccc1F. The van der Waals surface area contributed by atoms with Crippen LogP contribution in [0.1, 0.15) is 35.6 Å². The fourth-order valence-corrected chi connectivity index (χ4v) is 4.21. The van der Waals surface area contributed by atoms with Crippen LogP contribution in [0.4, 0.5) is 10.1 Å². The van der Waals surface area contributed by atoms with Gasteiger partial charge in [-0.3, -0.25) is 9.89 Å². The Morgan fingerprint density at radius 2 is 1.97 bits per heavy atom. The molecule has 0 spiro atoms. The van der Waals surface area contributed by atoms with Crippen molar-refractivity contribution in [3.63, 3.8) is 0 Å². The fraction of sp³-hybridized carbons (Fsp3) is 0.385. The van der Waals surface area contributed by atoms with E-state index >= 15 is 0 Å². The molecule has 1 aliphatic heterocycles. The minimum atomic E-state index is -0.752. The lowest BCUT2D eigenvalue weighted by atomic mass is 10.0. The van der Waals surface area contributed by atoms with E-state index in [0.717, 1.165) is 37.9 Å². The largest absolute Gasteiger partial charge is 0.506 e. The van der Waals surface area contributed by atoms with E-state index in [-0.39, 0.29) is 17.7 Å². The molecule has 2 aromatic carbocycles. The van der Waals surface area contributed by atoms with Gasteiger partial charge in [-0.1, -0.05) is 12.1 Å². The van der Waals surface area contributed by atoms with E-state index < -0.39 is 17.5 Å². The van der Waals surface area contributed by atoms with Gasteiger partial charge in [-0.05, 0) is 67.1 Å². The Hall–Kier alpha value is -3.03. The summed E-state index contributed by atoms with van der Waals surface area (Å²) in [5, 5.41) is 10.9. The van der Waals surface area contributed by atoms with Crippen molar-refractivity contribution in [2.24, 2.45) is 4.99 Å². The van der Waals surface area contributed by atoms with Gasteiger partial charge >= 0.3 is 5.97 Å². The highest BCUT2D eigenvalue weighted by atomic mass is 19.1. The summed E-state index contributed by atoms with van der Waals surface area (Å²) in [6, 6.07) is 10.5. The van der Waals surface area contributed by atoms with Gasteiger partial charge in [0.15, 0.2) is 0 Å². The number of aliphatic hydroxyl groups is 1. The van der Waals surface area contributed by atoms with Gasteiger partial charge in [0.2, 0.25) is 0 Å². The molecule has 1 N–H and O–H groups in total. The molecule has 0 aromatic heterocycles. The summed E-state index contributed by atoms with van der Waals surface area (Å²) >= 11 is 0. The molecule has 0 radical (unpaired) electrons. The van der Waals surface area contributed by atoms with Crippen LogP contribution in [-0.2, 0) is 33.7 Å². The molecular formula is C26H29FN2O4. The number of morpholine rings is 1. The number of fused-ring (bicyclic) bond motifs is 1. The van der Waals surface area contributed by atoms with Gasteiger partial charge in [0.05, 0.1) is 31.1 Å². The Morgan fingerprint density at radius 1 is 1.18 bits per heavy atom. The van der Waals surface area contributed by atoms with Gasteiger partial charge < -0.3 is 14.6 Å². The van der Waals surface area contributed by atoms with Gasteiger partial charge in [0.1, 0.15) is 17.1 Å². The summed E-state index contributed by atoms with van der Waals surface area (Å²) in [7, 11) is 0. The summed E-state index contributed by atoms with van der Waals surface area (Å²) in [4.78, 5) is 19.2. The first-order valence-corrected chi connectivity index (χ1v) is 11.4. The topological polar surface area (TPSA) is 71.4 Å². The molecule has 33 heavy (non-hydrogen) atoms. The number of esters is 1. The Morgan fingerprint density at radius 3 is 2.76 bits per heavy atom. The molecule has 1 heterocycles. The zero-order chi connectivity index (χ0) is 23.2. The van der Waals surface area contributed by atoms with Crippen molar-refractivity contribution in [3.05, 3.63) is 70.0 Å². The van der Waals surface area contributed by atoms with E-state index in [0.29, 0.717) is 25.4 Å². The predicted octanol–water partition coefficient (Wildman–Crippen LogP) is 4.38. The standard InChI is InChI=1S/C26H29FN2O4/c1-2-33-26(31)23(16-28-21-8-7-19-4-3-5-20(19)15-21)25(30)22-14-18(6-9-24(22)27)17-29-10-12-32-13-11-29/h6-9,14-16,30H,2-5,10-13,17H2,1H3/b25-23+,28-16?. The quantitative estimate of drug-likeness (QED) is 0.292. The van der Waals surface area contributed by atoms with Crippen LogP contribution in [0.2, 0.25) is 0 Å². The molecule has 2 aromatic rings. The maximum absolute atomic E-state index is 14.7. The number of benzene rings is 2. The van der Waals surface area contributed by atoms with Gasteiger partial charge in [-0.15, -0.1) is 0 Å². The normalized spacial score (nSPS) is 17.2. The maximum Gasteiger partial charge on any atom is 0.343 e. The van der Waals surface area contributed by atoms with Crippen molar-refractivity contribution in [3.8, 4) is 0 Å². The summed E-state index contributed by atoms with van der Waals surface area (Å²) < 4.78 is 25.2. The number of hydrogen-bond donors (Lipinski definition) is 1. The van der Waals surface area contributed by atoms with E-state index in [1.165, 1.54) is 23.4 Å². The van der Waals surface area contributed by atoms with Crippen LogP contribution in [0.3, 0.4) is 0 Å². The second-order valence-corrected chi connectivity index (χ2v) is 8.25. The zero-order valence-corrected chi connectivity index (χ0v) is 18.8. The number of aryl methyl sites for hydroxylation is 2. The zero-order valence-electron chi connectivity index (χ0n) is 18.8. The summed E-state index contributed by atoms with van der Waals surface area (Å²) in [5.74, 6) is -1.86. The molecule has 0 bridgehead atoms. The highest BCUT2D eigenvalue weighted by molar-refractivity contribution is 6.15. The van der Waals surface area contributed by atoms with Gasteiger partial charge in [0, 0.05) is 25.8 Å². The van der Waals surface area contributed by atoms with E-state index in [1.54, 1.807) is 19.1 Å². The van der Waals surface area contributed by atoms with Crippen molar-refractivity contribution in [2.45, 2.75) is 32.7 Å². The molecule has 2 aliphatic rings. The number of ether oxygens (including phenoxy) is 2. The second kappa shape index (κ2) is 10.7. The Kier molecular flexibility index (Phi) is 7.52. The van der Waals surface area contributed by atoms with Crippen molar-refractivity contribution >= 4 is 23.6 Å². The number of carbonyl (C=O) groups is 1. The number of nitrogens with zero attached hydrogens (tertiary/aromatic N) is 2. The highest BCUT2D eigenvalue weighted by Crippen LogP contribution is 2.27. The lowest BCUT2D eigenvalue weighted by molar-refractivity contribution is -0.137. The van der Waals surface area contributed by atoms with Crippen molar-refractivity contribution in [1.29, 1.82) is 0 Å². The van der Waals surface area contributed by atoms with Gasteiger partial charge in [-0.25, -0.2) is 9.18 Å². The van der Waals surface area contributed by atoms with Crippen molar-refractivity contribution in [1.82, 2.24) is 4.90 Å². The first-order valence-electron chi connectivity index (χ1n) is 11.4. The minimum Gasteiger partial charge on any atom is -0.506 e. The Balaban J connectivity index is 1.65. The Labute approximate surface area is 193 Å². The number of hydrogen-bond acceptors (Lipinski definition) is 6. The first kappa shape index (κ1) is 23.1. The molecule has 174 valence electrons. The van der Waals surface area contributed by atoms with E-state index in [4.69, 9.17) is 9.47 Å². The smallest absolute Gasteiger partial charge is 0.343 e. The molecule has 0 atom stereocenters. The van der Waals surface area contributed by atoms with Crippen LogP contribution in [0, 0.1) is 5.82 Å². The Bertz CT molecular complexity index is 1070. The van der Waals surface area contributed by atoms with Crippen LogP contribution in [0.5, 0.6) is 0 Å². The van der Waals surface area contributed by atoms with Crippen LogP contribution in [0.25, 0.3) is 5.76 Å². The third kappa shape index (κ3) is 5.67. The number of rotatable bonds is 7. The first-order chi connectivity index (χ1) is 16.0. The summed E-state index contributed by atoms with van der Waals surface area (Å²) in [6.07, 6.45) is 4.45. The molecular weight excluding hydrogens is 423 g/mol. The average Bonchev–Trinajstić information content (AvgIpc) is 3.29. The molecule has 1 fully saturated rings. The van der Waals surface area contributed by atoms with E-state index in [2.05, 4.69) is 9.89 Å². The summed E-state index contributed by atoms with van der Waals surface area (Å²) in [5.41, 5.74) is 3.84. The predicted molar refractivity (Wildman–Crippen MR) is 125 cm³/mol. The lowest BCUT2D eigenvalue weighted by Gasteiger charge is -2.26. The number of halogens is 1. The molecule has 4 rings (SSSR count). The van der Waals surface area contributed by atoms with Gasteiger partial charge in [0.25, 0.3) is 0 Å². The monoisotopic (exact) mass is 452 g/mol. The van der Waals surface area contributed by atoms with Crippen LogP contribution >= 0.6 is 0 Å². The molecule has 0 saturated carbocycles. The van der Waals surface area contributed by atoms with Crippen molar-refractivity contribution < 1.29 is 23.8 Å². The van der Waals surface area contributed by atoms with E-state index in [1.807, 2.05) is 18.2 Å². The van der Waals surface area contributed by atoms with Gasteiger partial charge in [-0.2, -0.15) is 0 Å². The number of aliphatic imine (C=N–C) groups is 1.